The monoisotopic (exact) mass is 332 g/mol. The fourth-order valence-electron chi connectivity index (χ4n) is 2.25. The van der Waals surface area contributed by atoms with Crippen molar-refractivity contribution in [1.29, 1.82) is 0 Å². The van der Waals surface area contributed by atoms with Crippen LogP contribution in [0.1, 0.15) is 35.3 Å². The molecule has 2 rings (SSSR count). The molecule has 0 aliphatic heterocycles. The van der Waals surface area contributed by atoms with E-state index >= 15 is 0 Å². The third-order valence-electron chi connectivity index (χ3n) is 3.58. The first-order valence-corrected chi connectivity index (χ1v) is 8.81. The van der Waals surface area contributed by atoms with Crippen molar-refractivity contribution in [2.45, 2.75) is 31.6 Å². The third-order valence-corrected chi connectivity index (χ3v) is 5.05. The van der Waals surface area contributed by atoms with E-state index in [0.29, 0.717) is 12.1 Å². The number of nitrogens with one attached hydrogen (secondary N) is 1. The molecule has 23 heavy (non-hydrogen) atoms. The largest absolute Gasteiger partial charge is 0.545 e. The zero-order valence-electron chi connectivity index (χ0n) is 13.0. The van der Waals surface area contributed by atoms with Crippen LogP contribution in [0.5, 0.6) is 0 Å². The second-order valence-corrected chi connectivity index (χ2v) is 6.77. The molecule has 0 saturated heterocycles. The van der Waals surface area contributed by atoms with Crippen molar-refractivity contribution in [2.75, 3.05) is 4.72 Å². The van der Waals surface area contributed by atoms with Crippen molar-refractivity contribution in [2.24, 2.45) is 0 Å². The van der Waals surface area contributed by atoms with Crippen molar-refractivity contribution in [3.05, 3.63) is 59.2 Å². The van der Waals surface area contributed by atoms with Gasteiger partial charge in [0.25, 0.3) is 10.0 Å². The molecule has 122 valence electrons. The molecule has 0 atom stereocenters. The highest BCUT2D eigenvalue weighted by atomic mass is 32.2. The van der Waals surface area contributed by atoms with Crippen molar-refractivity contribution in [1.82, 2.24) is 0 Å². The molecule has 0 fully saturated rings. The number of anilines is 1. The molecule has 0 bridgehead atoms. The van der Waals surface area contributed by atoms with Crippen LogP contribution in [-0.2, 0) is 22.9 Å². The van der Waals surface area contributed by atoms with E-state index in [2.05, 4.69) is 4.72 Å². The van der Waals surface area contributed by atoms with E-state index in [0.717, 1.165) is 17.5 Å². The maximum Gasteiger partial charge on any atom is 0.262 e. The van der Waals surface area contributed by atoms with Crippen molar-refractivity contribution < 1.29 is 18.3 Å². The molecule has 1 N–H and O–H groups in total. The number of rotatable bonds is 6. The fraction of sp³-hybridized carbons (Fsp3) is 0.235. The van der Waals surface area contributed by atoms with Crippen LogP contribution in [0, 0.1) is 0 Å². The molecule has 0 radical (unpaired) electrons. The van der Waals surface area contributed by atoms with Gasteiger partial charge < -0.3 is 9.90 Å². The van der Waals surface area contributed by atoms with Crippen LogP contribution in [0.3, 0.4) is 0 Å². The SMILES string of the molecule is CCc1ccc(CC)c(S(=O)(=O)Nc2ccc(C(=O)[O-])cc2)c1. The molecular weight excluding hydrogens is 314 g/mol. The van der Waals surface area contributed by atoms with E-state index < -0.39 is 16.0 Å². The van der Waals surface area contributed by atoms with E-state index in [4.69, 9.17) is 0 Å². The van der Waals surface area contributed by atoms with Gasteiger partial charge in [-0.25, -0.2) is 8.42 Å². The van der Waals surface area contributed by atoms with E-state index in [9.17, 15) is 18.3 Å². The Morgan fingerprint density at radius 1 is 1.04 bits per heavy atom. The lowest BCUT2D eigenvalue weighted by atomic mass is 10.1. The number of aromatic carboxylic acids is 1. The van der Waals surface area contributed by atoms with Crippen LogP contribution in [0.15, 0.2) is 47.4 Å². The lowest BCUT2D eigenvalue weighted by Gasteiger charge is -2.13. The van der Waals surface area contributed by atoms with Crippen LogP contribution in [0.2, 0.25) is 0 Å². The average Bonchev–Trinajstić information content (AvgIpc) is 2.54. The van der Waals surface area contributed by atoms with Crippen LogP contribution in [0.25, 0.3) is 0 Å². The highest BCUT2D eigenvalue weighted by molar-refractivity contribution is 7.92. The number of sulfonamides is 1. The minimum Gasteiger partial charge on any atom is -0.545 e. The standard InChI is InChI=1S/C17H19NO4S/c1-3-12-5-6-13(4-2)16(11-12)23(21,22)18-15-9-7-14(8-10-15)17(19)20/h5-11,18H,3-4H2,1-2H3,(H,19,20)/p-1. The normalized spacial score (nSPS) is 11.2. The average molecular weight is 332 g/mol. The van der Waals surface area contributed by atoms with Crippen molar-refractivity contribution >= 4 is 21.7 Å². The summed E-state index contributed by atoms with van der Waals surface area (Å²) in [6, 6.07) is 10.8. The second-order valence-electron chi connectivity index (χ2n) is 5.12. The van der Waals surface area contributed by atoms with Gasteiger partial charge in [0.1, 0.15) is 0 Å². The van der Waals surface area contributed by atoms with E-state index in [1.165, 1.54) is 24.3 Å². The fourth-order valence-corrected chi connectivity index (χ4v) is 3.67. The Balaban J connectivity index is 2.36. The predicted octanol–water partition coefficient (Wildman–Crippen LogP) is 1.98. The Kier molecular flexibility index (Phi) is 5.05. The molecule has 2 aromatic carbocycles. The van der Waals surface area contributed by atoms with E-state index in [1.807, 2.05) is 26.0 Å². The Morgan fingerprint density at radius 2 is 1.70 bits per heavy atom. The topological polar surface area (TPSA) is 86.3 Å². The van der Waals surface area contributed by atoms with Gasteiger partial charge in [-0.15, -0.1) is 0 Å². The lowest BCUT2D eigenvalue weighted by Crippen LogP contribution is -2.22. The number of carboxylic acid groups (broad SMARTS) is 1. The summed E-state index contributed by atoms with van der Waals surface area (Å²) in [6.45, 7) is 3.86. The highest BCUT2D eigenvalue weighted by Crippen LogP contribution is 2.22. The number of carbonyl (C=O) groups is 1. The molecule has 0 aromatic heterocycles. The molecule has 5 nitrogen and oxygen atoms in total. The molecule has 0 unspecified atom stereocenters. The summed E-state index contributed by atoms with van der Waals surface area (Å²) in [6.07, 6.45) is 1.34. The van der Waals surface area contributed by atoms with Gasteiger partial charge in [-0.3, -0.25) is 4.72 Å². The number of carboxylic acids is 1. The van der Waals surface area contributed by atoms with Gasteiger partial charge in [-0.2, -0.15) is 0 Å². The number of hydrogen-bond donors (Lipinski definition) is 1. The first-order chi connectivity index (χ1) is 10.9. The molecule has 0 spiro atoms. The van der Waals surface area contributed by atoms with Gasteiger partial charge in [0, 0.05) is 5.69 Å². The number of benzene rings is 2. The molecular formula is C17H18NO4S-. The van der Waals surface area contributed by atoms with E-state index in [-0.39, 0.29) is 10.5 Å². The Hall–Kier alpha value is -2.34. The van der Waals surface area contributed by atoms with Crippen LogP contribution in [0.4, 0.5) is 5.69 Å². The van der Waals surface area contributed by atoms with Crippen LogP contribution >= 0.6 is 0 Å². The maximum atomic E-state index is 12.6. The summed E-state index contributed by atoms with van der Waals surface area (Å²) in [4.78, 5) is 11.0. The molecule has 0 amide bonds. The zero-order valence-corrected chi connectivity index (χ0v) is 13.8. The summed E-state index contributed by atoms with van der Waals surface area (Å²) < 4.78 is 27.7. The van der Waals surface area contributed by atoms with Gasteiger partial charge >= 0.3 is 0 Å². The molecule has 6 heteroatoms. The molecule has 2 aromatic rings. The maximum absolute atomic E-state index is 12.6. The van der Waals surface area contributed by atoms with Crippen LogP contribution in [-0.4, -0.2) is 14.4 Å². The van der Waals surface area contributed by atoms with Gasteiger partial charge in [0.05, 0.1) is 10.9 Å². The molecule has 0 aliphatic carbocycles. The summed E-state index contributed by atoms with van der Waals surface area (Å²) in [7, 11) is -3.73. The van der Waals surface area contributed by atoms with Gasteiger partial charge in [0.2, 0.25) is 0 Å². The lowest BCUT2D eigenvalue weighted by molar-refractivity contribution is -0.255. The predicted molar refractivity (Wildman–Crippen MR) is 86.8 cm³/mol. The smallest absolute Gasteiger partial charge is 0.262 e. The van der Waals surface area contributed by atoms with E-state index in [1.54, 1.807) is 6.07 Å². The third kappa shape index (κ3) is 3.90. The second kappa shape index (κ2) is 6.83. The number of carbonyl (C=O) groups excluding carboxylic acids is 1. The van der Waals surface area contributed by atoms with Crippen LogP contribution < -0.4 is 9.83 Å². The number of hydrogen-bond acceptors (Lipinski definition) is 4. The minimum absolute atomic E-state index is 0.00447. The summed E-state index contributed by atoms with van der Waals surface area (Å²) in [5.74, 6) is -1.30. The van der Waals surface area contributed by atoms with Crippen molar-refractivity contribution in [3.63, 3.8) is 0 Å². The molecule has 0 saturated carbocycles. The molecule has 0 aliphatic rings. The summed E-state index contributed by atoms with van der Waals surface area (Å²) in [5, 5.41) is 10.7. The Bertz CT molecular complexity index is 811. The van der Waals surface area contributed by atoms with Gasteiger partial charge in [-0.05, 0) is 47.7 Å². The Labute approximate surface area is 136 Å². The highest BCUT2D eigenvalue weighted by Gasteiger charge is 2.18. The quantitative estimate of drug-likeness (QED) is 0.876. The summed E-state index contributed by atoms with van der Waals surface area (Å²) in [5.41, 5.74) is 1.98. The summed E-state index contributed by atoms with van der Waals surface area (Å²) >= 11 is 0. The molecule has 0 heterocycles. The first-order valence-electron chi connectivity index (χ1n) is 7.33. The van der Waals surface area contributed by atoms with Gasteiger partial charge in [0.15, 0.2) is 0 Å². The van der Waals surface area contributed by atoms with Crippen molar-refractivity contribution in [3.8, 4) is 0 Å². The zero-order chi connectivity index (χ0) is 17.0. The minimum atomic E-state index is -3.73. The van der Waals surface area contributed by atoms with Gasteiger partial charge in [-0.1, -0.05) is 38.1 Å². The number of aryl methyl sites for hydroxylation is 2. The Morgan fingerprint density at radius 3 is 2.22 bits per heavy atom. The first kappa shape index (κ1) is 17.0.